The van der Waals surface area contributed by atoms with Crippen LogP contribution in [0.25, 0.3) is 10.9 Å². The Bertz CT molecular complexity index is 736. The number of ether oxygens (including phenoxy) is 1. The summed E-state index contributed by atoms with van der Waals surface area (Å²) < 4.78 is 6.41. The third kappa shape index (κ3) is 3.40. The van der Waals surface area contributed by atoms with Gasteiger partial charge in [-0.05, 0) is 25.1 Å². The van der Waals surface area contributed by atoms with Crippen molar-refractivity contribution in [1.29, 1.82) is 0 Å². The number of aromatic nitrogens is 2. The molecule has 116 valence electrons. The van der Waals surface area contributed by atoms with Crippen LogP contribution in [-0.4, -0.2) is 39.3 Å². The van der Waals surface area contributed by atoms with Crippen molar-refractivity contribution in [3.63, 3.8) is 0 Å². The molecule has 2 N–H and O–H groups in total. The largest absolute Gasteiger partial charge is 0.465 e. The minimum absolute atomic E-state index is 0.0172. The van der Waals surface area contributed by atoms with Crippen molar-refractivity contribution in [2.75, 3.05) is 6.61 Å². The number of oxime groups is 1. The molecule has 8 nitrogen and oxygen atoms in total. The van der Waals surface area contributed by atoms with Crippen molar-refractivity contribution in [3.05, 3.63) is 30.0 Å². The van der Waals surface area contributed by atoms with Crippen molar-refractivity contribution < 1.29 is 19.5 Å². The molecule has 22 heavy (non-hydrogen) atoms. The minimum Gasteiger partial charge on any atom is -0.465 e. The average Bonchev–Trinajstić information content (AvgIpc) is 2.87. The van der Waals surface area contributed by atoms with Crippen molar-refractivity contribution in [2.24, 2.45) is 5.16 Å². The summed E-state index contributed by atoms with van der Waals surface area (Å²) in [5.41, 5.74) is 1.26. The van der Waals surface area contributed by atoms with Crippen LogP contribution < -0.4 is 5.32 Å². The van der Waals surface area contributed by atoms with Crippen LogP contribution in [0, 0.1) is 0 Å². The van der Waals surface area contributed by atoms with E-state index >= 15 is 0 Å². The third-order valence-electron chi connectivity index (χ3n) is 2.89. The zero-order valence-corrected chi connectivity index (χ0v) is 12.2. The lowest BCUT2D eigenvalue weighted by Crippen LogP contribution is -2.28. The van der Waals surface area contributed by atoms with Gasteiger partial charge in [-0.3, -0.25) is 14.3 Å². The summed E-state index contributed by atoms with van der Waals surface area (Å²) in [6.45, 7) is 3.39. The fourth-order valence-corrected chi connectivity index (χ4v) is 2.01. The highest BCUT2D eigenvalue weighted by molar-refractivity contribution is 6.08. The van der Waals surface area contributed by atoms with Gasteiger partial charge in [0.15, 0.2) is 5.84 Å². The Morgan fingerprint density at radius 1 is 1.45 bits per heavy atom. The predicted octanol–water partition coefficient (Wildman–Crippen LogP) is 0.871. The fourth-order valence-electron chi connectivity index (χ4n) is 2.01. The molecule has 0 bridgehead atoms. The van der Waals surface area contributed by atoms with Gasteiger partial charge in [0.1, 0.15) is 6.54 Å². The van der Waals surface area contributed by atoms with E-state index in [2.05, 4.69) is 15.6 Å². The van der Waals surface area contributed by atoms with Gasteiger partial charge in [-0.1, -0.05) is 5.16 Å². The highest BCUT2D eigenvalue weighted by atomic mass is 16.5. The lowest BCUT2D eigenvalue weighted by atomic mass is 10.1. The van der Waals surface area contributed by atoms with Gasteiger partial charge in [-0.25, -0.2) is 0 Å². The minimum atomic E-state index is -0.368. The maximum Gasteiger partial charge on any atom is 0.327 e. The number of nitrogens with one attached hydrogen (secondary N) is 1. The zero-order valence-electron chi connectivity index (χ0n) is 12.2. The highest BCUT2D eigenvalue weighted by Gasteiger charge is 2.11. The van der Waals surface area contributed by atoms with Crippen LogP contribution in [0.5, 0.6) is 0 Å². The summed E-state index contributed by atoms with van der Waals surface area (Å²) in [6, 6.07) is 5.09. The molecule has 2 rings (SSSR count). The molecule has 1 aromatic carbocycles. The summed E-state index contributed by atoms with van der Waals surface area (Å²) in [7, 11) is 0. The van der Waals surface area contributed by atoms with Gasteiger partial charge in [0.25, 0.3) is 0 Å². The Hall–Kier alpha value is -2.90. The molecular formula is C14H16N4O4. The molecule has 0 fully saturated rings. The number of esters is 1. The molecule has 0 radical (unpaired) electrons. The maximum atomic E-state index is 11.5. The van der Waals surface area contributed by atoms with E-state index in [1.165, 1.54) is 11.6 Å². The number of benzene rings is 1. The van der Waals surface area contributed by atoms with Crippen molar-refractivity contribution in [2.45, 2.75) is 20.4 Å². The van der Waals surface area contributed by atoms with Crippen LogP contribution in [0.4, 0.5) is 0 Å². The van der Waals surface area contributed by atoms with Crippen molar-refractivity contribution in [3.8, 4) is 0 Å². The highest BCUT2D eigenvalue weighted by Crippen LogP contribution is 2.16. The fraction of sp³-hybridized carbons (Fsp3) is 0.286. The van der Waals surface area contributed by atoms with Crippen LogP contribution >= 0.6 is 0 Å². The number of amides is 1. The summed E-state index contributed by atoms with van der Waals surface area (Å²) >= 11 is 0. The molecule has 0 saturated carbocycles. The van der Waals surface area contributed by atoms with Gasteiger partial charge >= 0.3 is 5.97 Å². The second kappa shape index (κ2) is 6.70. The molecule has 0 saturated heterocycles. The van der Waals surface area contributed by atoms with E-state index in [1.807, 2.05) is 0 Å². The number of nitrogens with zero attached hydrogens (tertiary/aromatic N) is 3. The Kier molecular flexibility index (Phi) is 4.72. The molecule has 1 heterocycles. The number of carbonyl (C=O) groups excluding carboxylic acids is 2. The van der Waals surface area contributed by atoms with E-state index in [9.17, 15) is 9.59 Å². The normalized spacial score (nSPS) is 11.5. The maximum absolute atomic E-state index is 11.5. The first-order valence-corrected chi connectivity index (χ1v) is 6.66. The SMILES string of the molecule is CCOC(=O)Cn1ncc2cc(/C(=N\O)NC(C)=O)ccc21. The number of hydrogen-bond acceptors (Lipinski definition) is 6. The lowest BCUT2D eigenvalue weighted by Gasteiger charge is -2.06. The van der Waals surface area contributed by atoms with Gasteiger partial charge in [0, 0.05) is 17.9 Å². The molecule has 0 spiro atoms. The molecule has 0 aliphatic heterocycles. The molecule has 0 atom stereocenters. The Morgan fingerprint density at radius 3 is 2.86 bits per heavy atom. The van der Waals surface area contributed by atoms with Crippen molar-refractivity contribution in [1.82, 2.24) is 15.1 Å². The predicted molar refractivity (Wildman–Crippen MR) is 78.5 cm³/mol. The first-order valence-electron chi connectivity index (χ1n) is 6.66. The third-order valence-corrected chi connectivity index (χ3v) is 2.89. The average molecular weight is 304 g/mol. The first kappa shape index (κ1) is 15.5. The first-order chi connectivity index (χ1) is 10.5. The number of amidine groups is 1. The second-order valence-corrected chi connectivity index (χ2v) is 4.51. The molecule has 0 aliphatic carbocycles. The molecule has 0 aliphatic rings. The zero-order chi connectivity index (χ0) is 16.1. The van der Waals surface area contributed by atoms with Crippen LogP contribution in [0.15, 0.2) is 29.6 Å². The monoisotopic (exact) mass is 304 g/mol. The van der Waals surface area contributed by atoms with Crippen LogP contribution in [0.2, 0.25) is 0 Å². The molecular weight excluding hydrogens is 288 g/mol. The van der Waals surface area contributed by atoms with Gasteiger partial charge < -0.3 is 15.3 Å². The topological polar surface area (TPSA) is 106 Å². The van der Waals surface area contributed by atoms with E-state index in [0.717, 1.165) is 10.9 Å². The van der Waals surface area contributed by atoms with E-state index in [1.54, 1.807) is 31.3 Å². The molecule has 0 unspecified atom stereocenters. The summed E-state index contributed by atoms with van der Waals surface area (Å²) in [4.78, 5) is 22.6. The van der Waals surface area contributed by atoms with Gasteiger partial charge in [0.05, 0.1) is 18.3 Å². The van der Waals surface area contributed by atoms with Gasteiger partial charge in [-0.2, -0.15) is 5.10 Å². The lowest BCUT2D eigenvalue weighted by molar-refractivity contribution is -0.143. The molecule has 8 heteroatoms. The Morgan fingerprint density at radius 2 is 2.23 bits per heavy atom. The summed E-state index contributed by atoms with van der Waals surface area (Å²) in [5, 5.41) is 19.3. The summed E-state index contributed by atoms with van der Waals surface area (Å²) in [6.07, 6.45) is 1.58. The Balaban J connectivity index is 2.29. The summed E-state index contributed by atoms with van der Waals surface area (Å²) in [5.74, 6) is -0.661. The van der Waals surface area contributed by atoms with Crippen LogP contribution in [0.3, 0.4) is 0 Å². The van der Waals surface area contributed by atoms with E-state index < -0.39 is 0 Å². The van der Waals surface area contributed by atoms with Crippen molar-refractivity contribution >= 4 is 28.6 Å². The standard InChI is InChI=1S/C14H16N4O4/c1-3-22-13(20)8-18-12-5-4-10(6-11(12)7-15-18)14(17-21)16-9(2)19/h4-7,21H,3,8H2,1-2H3,(H,16,17,19). The molecule has 1 aromatic heterocycles. The van der Waals surface area contributed by atoms with E-state index in [4.69, 9.17) is 9.94 Å². The van der Waals surface area contributed by atoms with Crippen LogP contribution in [-0.2, 0) is 20.9 Å². The smallest absolute Gasteiger partial charge is 0.327 e. The second-order valence-electron chi connectivity index (χ2n) is 4.51. The van der Waals surface area contributed by atoms with E-state index in [-0.39, 0.29) is 24.3 Å². The Labute approximate surface area is 126 Å². The quantitative estimate of drug-likeness (QED) is 0.287. The molecule has 2 aromatic rings. The van der Waals surface area contributed by atoms with Gasteiger partial charge in [-0.15, -0.1) is 0 Å². The number of fused-ring (bicyclic) bond motifs is 1. The van der Waals surface area contributed by atoms with Crippen LogP contribution in [0.1, 0.15) is 19.4 Å². The van der Waals surface area contributed by atoms with E-state index in [0.29, 0.717) is 12.2 Å². The van der Waals surface area contributed by atoms with Gasteiger partial charge in [0.2, 0.25) is 5.91 Å². The molecule has 1 amide bonds. The number of rotatable bonds is 4. The number of hydrogen-bond donors (Lipinski definition) is 2. The number of carbonyl (C=O) groups is 2.